The average molecular weight is 354 g/mol. The normalized spacial score (nSPS) is 10.7. The first-order valence-electron chi connectivity index (χ1n) is 8.14. The number of amides is 1. The highest BCUT2D eigenvalue weighted by atomic mass is 35.5. The van der Waals surface area contributed by atoms with E-state index in [-0.39, 0.29) is 5.91 Å². The first-order valence-corrected chi connectivity index (χ1v) is 8.51. The van der Waals surface area contributed by atoms with Gasteiger partial charge in [0.25, 0.3) is 5.91 Å². The molecule has 5 heteroatoms. The number of pyridine rings is 1. The van der Waals surface area contributed by atoms with E-state index >= 15 is 0 Å². The number of aryl methyl sites for hydroxylation is 1. The van der Waals surface area contributed by atoms with Gasteiger partial charge in [-0.05, 0) is 49.7 Å². The molecule has 4 nitrogen and oxygen atoms in total. The van der Waals surface area contributed by atoms with Crippen molar-refractivity contribution in [3.8, 4) is 0 Å². The molecule has 0 fully saturated rings. The minimum Gasteiger partial charge on any atom is -0.348 e. The van der Waals surface area contributed by atoms with Gasteiger partial charge in [0.05, 0.1) is 17.8 Å². The molecule has 0 aliphatic rings. The smallest absolute Gasteiger partial charge is 0.253 e. The van der Waals surface area contributed by atoms with Crippen LogP contribution < -0.4 is 5.32 Å². The summed E-state index contributed by atoms with van der Waals surface area (Å²) in [7, 11) is 0. The second kappa shape index (κ2) is 7.53. The summed E-state index contributed by atoms with van der Waals surface area (Å²) in [6.45, 7) is 5.10. The number of nitrogens with one attached hydrogen (secondary N) is 1. The highest BCUT2D eigenvalue weighted by Gasteiger charge is 2.15. The average Bonchev–Trinajstić information content (AvgIpc) is 2.90. The minimum absolute atomic E-state index is 0.0738. The van der Waals surface area contributed by atoms with Crippen LogP contribution in [0.25, 0.3) is 0 Å². The Morgan fingerprint density at radius 1 is 1.16 bits per heavy atom. The molecule has 3 aromatic rings. The molecule has 1 amide bonds. The molecule has 0 spiro atoms. The van der Waals surface area contributed by atoms with E-state index in [4.69, 9.17) is 11.6 Å². The Labute approximate surface area is 152 Å². The van der Waals surface area contributed by atoms with E-state index in [1.807, 2.05) is 62.4 Å². The number of benzene rings is 1. The molecule has 0 unspecified atom stereocenters. The van der Waals surface area contributed by atoms with Gasteiger partial charge in [0.2, 0.25) is 0 Å². The maximum absolute atomic E-state index is 12.6. The highest BCUT2D eigenvalue weighted by Crippen LogP contribution is 2.17. The lowest BCUT2D eigenvalue weighted by Gasteiger charge is -2.10. The lowest BCUT2D eigenvalue weighted by molar-refractivity contribution is 0.0950. The number of hydrogen-bond donors (Lipinski definition) is 1. The summed E-state index contributed by atoms with van der Waals surface area (Å²) >= 11 is 5.88. The van der Waals surface area contributed by atoms with Crippen LogP contribution in [0.2, 0.25) is 5.02 Å². The van der Waals surface area contributed by atoms with Crippen molar-refractivity contribution < 1.29 is 4.79 Å². The standard InChI is InChI=1S/C20H20ClN3O/c1-14-11-19(15(2)24(14)13-18-5-3-4-10-22-18)20(25)23-12-16-6-8-17(21)9-7-16/h3-11H,12-13H2,1-2H3,(H,23,25). The third-order valence-electron chi connectivity index (χ3n) is 4.23. The molecule has 3 rings (SSSR count). The molecule has 0 saturated heterocycles. The Morgan fingerprint density at radius 2 is 1.92 bits per heavy atom. The molecule has 0 radical (unpaired) electrons. The predicted octanol–water partition coefficient (Wildman–Crippen LogP) is 4.13. The van der Waals surface area contributed by atoms with Crippen molar-refractivity contribution in [2.75, 3.05) is 0 Å². The Morgan fingerprint density at radius 3 is 2.60 bits per heavy atom. The molecule has 0 aliphatic heterocycles. The van der Waals surface area contributed by atoms with Crippen molar-refractivity contribution in [1.82, 2.24) is 14.9 Å². The second-order valence-corrected chi connectivity index (χ2v) is 6.44. The molecule has 1 aromatic carbocycles. The summed E-state index contributed by atoms with van der Waals surface area (Å²) in [5, 5.41) is 3.66. The zero-order chi connectivity index (χ0) is 17.8. The topological polar surface area (TPSA) is 46.9 Å². The highest BCUT2D eigenvalue weighted by molar-refractivity contribution is 6.30. The quantitative estimate of drug-likeness (QED) is 0.749. The van der Waals surface area contributed by atoms with Gasteiger partial charge < -0.3 is 9.88 Å². The van der Waals surface area contributed by atoms with Crippen LogP contribution in [0.4, 0.5) is 0 Å². The van der Waals surface area contributed by atoms with Gasteiger partial charge in [-0.25, -0.2) is 0 Å². The lowest BCUT2D eigenvalue weighted by atomic mass is 10.2. The maximum atomic E-state index is 12.6. The summed E-state index contributed by atoms with van der Waals surface area (Å²) < 4.78 is 2.11. The van der Waals surface area contributed by atoms with Crippen LogP contribution in [-0.2, 0) is 13.1 Å². The first-order chi connectivity index (χ1) is 12.0. The molecule has 2 heterocycles. The molecule has 0 atom stereocenters. The number of aromatic nitrogens is 2. The van der Waals surface area contributed by atoms with Gasteiger partial charge in [0.1, 0.15) is 0 Å². The van der Waals surface area contributed by atoms with E-state index in [0.717, 1.165) is 22.6 Å². The molecule has 2 aromatic heterocycles. The third-order valence-corrected chi connectivity index (χ3v) is 4.48. The molecule has 0 saturated carbocycles. The zero-order valence-electron chi connectivity index (χ0n) is 14.3. The Balaban J connectivity index is 1.72. The lowest BCUT2D eigenvalue weighted by Crippen LogP contribution is -2.23. The summed E-state index contributed by atoms with van der Waals surface area (Å²) in [5.41, 5.74) is 4.66. The summed E-state index contributed by atoms with van der Waals surface area (Å²) in [5.74, 6) is -0.0738. The van der Waals surface area contributed by atoms with Crippen LogP contribution in [0.5, 0.6) is 0 Å². The molecule has 128 valence electrons. The Kier molecular flexibility index (Phi) is 5.19. The summed E-state index contributed by atoms with van der Waals surface area (Å²) in [4.78, 5) is 16.9. The van der Waals surface area contributed by atoms with Crippen LogP contribution in [0, 0.1) is 13.8 Å². The molecule has 0 aliphatic carbocycles. The zero-order valence-corrected chi connectivity index (χ0v) is 15.0. The van der Waals surface area contributed by atoms with E-state index in [2.05, 4.69) is 14.9 Å². The van der Waals surface area contributed by atoms with E-state index in [9.17, 15) is 4.79 Å². The monoisotopic (exact) mass is 353 g/mol. The predicted molar refractivity (Wildman–Crippen MR) is 99.9 cm³/mol. The van der Waals surface area contributed by atoms with Crippen LogP contribution in [-0.4, -0.2) is 15.5 Å². The van der Waals surface area contributed by atoms with Crippen molar-refractivity contribution in [3.05, 3.63) is 88.0 Å². The summed E-state index contributed by atoms with van der Waals surface area (Å²) in [6.07, 6.45) is 1.78. The van der Waals surface area contributed by atoms with E-state index in [0.29, 0.717) is 23.7 Å². The van der Waals surface area contributed by atoms with Crippen LogP contribution >= 0.6 is 11.6 Å². The Hall–Kier alpha value is -2.59. The number of rotatable bonds is 5. The van der Waals surface area contributed by atoms with E-state index < -0.39 is 0 Å². The fourth-order valence-corrected chi connectivity index (χ4v) is 2.93. The number of carbonyl (C=O) groups excluding carboxylic acids is 1. The molecule has 1 N–H and O–H groups in total. The Bertz CT molecular complexity index is 870. The number of carbonyl (C=O) groups is 1. The van der Waals surface area contributed by atoms with Gasteiger partial charge in [-0.3, -0.25) is 9.78 Å². The van der Waals surface area contributed by atoms with E-state index in [1.54, 1.807) is 6.20 Å². The first kappa shape index (κ1) is 17.2. The van der Waals surface area contributed by atoms with Crippen molar-refractivity contribution in [2.45, 2.75) is 26.9 Å². The number of hydrogen-bond acceptors (Lipinski definition) is 2. The SMILES string of the molecule is Cc1cc(C(=O)NCc2ccc(Cl)cc2)c(C)n1Cc1ccccn1. The van der Waals surface area contributed by atoms with Gasteiger partial charge in [-0.1, -0.05) is 29.8 Å². The molecule has 25 heavy (non-hydrogen) atoms. The third kappa shape index (κ3) is 4.09. The van der Waals surface area contributed by atoms with Crippen molar-refractivity contribution in [1.29, 1.82) is 0 Å². The maximum Gasteiger partial charge on any atom is 0.253 e. The van der Waals surface area contributed by atoms with E-state index in [1.165, 1.54) is 0 Å². The number of halogens is 1. The fraction of sp³-hybridized carbons (Fsp3) is 0.200. The summed E-state index contributed by atoms with van der Waals surface area (Å²) in [6, 6.07) is 15.2. The van der Waals surface area contributed by atoms with Gasteiger partial charge in [-0.15, -0.1) is 0 Å². The molecular weight excluding hydrogens is 334 g/mol. The molecule has 0 bridgehead atoms. The largest absolute Gasteiger partial charge is 0.348 e. The fourth-order valence-electron chi connectivity index (χ4n) is 2.81. The van der Waals surface area contributed by atoms with Crippen LogP contribution in [0.1, 0.15) is 33.0 Å². The molecular formula is C20H20ClN3O. The van der Waals surface area contributed by atoms with Crippen LogP contribution in [0.3, 0.4) is 0 Å². The second-order valence-electron chi connectivity index (χ2n) is 6.00. The minimum atomic E-state index is -0.0738. The van der Waals surface area contributed by atoms with Gasteiger partial charge >= 0.3 is 0 Å². The van der Waals surface area contributed by atoms with Crippen molar-refractivity contribution >= 4 is 17.5 Å². The number of nitrogens with zero attached hydrogens (tertiary/aromatic N) is 2. The van der Waals surface area contributed by atoms with Gasteiger partial charge in [0.15, 0.2) is 0 Å². The van der Waals surface area contributed by atoms with Crippen molar-refractivity contribution in [3.63, 3.8) is 0 Å². The van der Waals surface area contributed by atoms with Gasteiger partial charge in [-0.2, -0.15) is 0 Å². The van der Waals surface area contributed by atoms with Gasteiger partial charge in [0, 0.05) is 29.2 Å². The van der Waals surface area contributed by atoms with Crippen molar-refractivity contribution in [2.24, 2.45) is 0 Å². The van der Waals surface area contributed by atoms with Crippen LogP contribution in [0.15, 0.2) is 54.7 Å².